The summed E-state index contributed by atoms with van der Waals surface area (Å²) >= 11 is 0. The van der Waals surface area contributed by atoms with Crippen LogP contribution in [0.25, 0.3) is 22.6 Å². The number of aliphatic hydroxyl groups is 1. The molecule has 0 saturated carbocycles. The number of oxazole rings is 1. The van der Waals surface area contributed by atoms with Crippen molar-refractivity contribution in [3.63, 3.8) is 0 Å². The van der Waals surface area contributed by atoms with Crippen LogP contribution in [0.5, 0.6) is 11.5 Å². The number of ether oxygens (including phenoxy) is 2. The van der Waals surface area contributed by atoms with Crippen LogP contribution in [-0.4, -0.2) is 17.2 Å². The maximum atomic E-state index is 9.48. The molecule has 0 aliphatic rings. The molecule has 29 heavy (non-hydrogen) atoms. The molecule has 5 heteroatoms. The van der Waals surface area contributed by atoms with Crippen molar-refractivity contribution in [1.29, 1.82) is 0 Å². The number of aromatic nitrogens is 1. The maximum Gasteiger partial charge on any atom is 0.221 e. The second-order valence-corrected chi connectivity index (χ2v) is 6.47. The Hall–Kier alpha value is -3.57. The average molecular weight is 387 g/mol. The molecule has 0 spiro atoms. The number of hydrogen-bond donors (Lipinski definition) is 1. The molecular formula is C24H21NO4. The molecule has 0 saturated heterocycles. The first-order chi connectivity index (χ1) is 14.3. The van der Waals surface area contributed by atoms with Gasteiger partial charge in [-0.3, -0.25) is 0 Å². The third-order valence-electron chi connectivity index (χ3n) is 4.54. The SMILES string of the molecule is COc1ccc(-c2nc(CO)oc2-c2ccc(OCc3ccccc3)cc2)cc1. The van der Waals surface area contributed by atoms with Crippen LogP contribution in [0.3, 0.4) is 0 Å². The molecule has 0 atom stereocenters. The van der Waals surface area contributed by atoms with Gasteiger partial charge in [0.15, 0.2) is 5.76 Å². The molecule has 0 aliphatic heterocycles. The number of hydrogen-bond acceptors (Lipinski definition) is 5. The molecule has 1 heterocycles. The lowest BCUT2D eigenvalue weighted by molar-refractivity contribution is 0.241. The lowest BCUT2D eigenvalue weighted by atomic mass is 10.1. The highest BCUT2D eigenvalue weighted by Crippen LogP contribution is 2.34. The molecule has 0 radical (unpaired) electrons. The van der Waals surface area contributed by atoms with Crippen LogP contribution >= 0.6 is 0 Å². The fourth-order valence-corrected chi connectivity index (χ4v) is 3.02. The number of aliphatic hydroxyl groups excluding tert-OH is 1. The summed E-state index contributed by atoms with van der Waals surface area (Å²) in [5.41, 5.74) is 3.53. The van der Waals surface area contributed by atoms with E-state index in [2.05, 4.69) is 4.98 Å². The van der Waals surface area contributed by atoms with E-state index in [0.29, 0.717) is 18.1 Å². The minimum atomic E-state index is -0.262. The van der Waals surface area contributed by atoms with Gasteiger partial charge >= 0.3 is 0 Å². The van der Waals surface area contributed by atoms with Crippen molar-refractivity contribution in [3.8, 4) is 34.1 Å². The summed E-state index contributed by atoms with van der Waals surface area (Å²) in [4.78, 5) is 4.44. The first-order valence-corrected chi connectivity index (χ1v) is 9.29. The molecule has 1 N–H and O–H groups in total. The summed E-state index contributed by atoms with van der Waals surface area (Å²) in [6.45, 7) is 0.246. The van der Waals surface area contributed by atoms with E-state index in [0.717, 1.165) is 28.2 Å². The van der Waals surface area contributed by atoms with E-state index in [9.17, 15) is 5.11 Å². The maximum absolute atomic E-state index is 9.48. The van der Waals surface area contributed by atoms with Gasteiger partial charge in [0.05, 0.1) is 7.11 Å². The van der Waals surface area contributed by atoms with E-state index in [1.807, 2.05) is 78.9 Å². The van der Waals surface area contributed by atoms with Crippen molar-refractivity contribution in [2.75, 3.05) is 7.11 Å². The Bertz CT molecular complexity index is 1050. The summed E-state index contributed by atoms with van der Waals surface area (Å²) in [5.74, 6) is 2.41. The molecule has 5 nitrogen and oxygen atoms in total. The summed E-state index contributed by atoms with van der Waals surface area (Å²) in [5, 5.41) is 9.48. The Morgan fingerprint density at radius 2 is 1.48 bits per heavy atom. The van der Waals surface area contributed by atoms with Gasteiger partial charge in [-0.2, -0.15) is 0 Å². The summed E-state index contributed by atoms with van der Waals surface area (Å²) < 4.78 is 16.9. The molecule has 1 aromatic heterocycles. The van der Waals surface area contributed by atoms with Crippen LogP contribution in [0.15, 0.2) is 83.3 Å². The van der Waals surface area contributed by atoms with Crippen LogP contribution in [0, 0.1) is 0 Å². The van der Waals surface area contributed by atoms with Crippen molar-refractivity contribution in [2.24, 2.45) is 0 Å². The van der Waals surface area contributed by atoms with Crippen LogP contribution in [0.4, 0.5) is 0 Å². The molecule has 0 aliphatic carbocycles. The second-order valence-electron chi connectivity index (χ2n) is 6.47. The number of methoxy groups -OCH3 is 1. The third kappa shape index (κ3) is 4.31. The zero-order chi connectivity index (χ0) is 20.1. The van der Waals surface area contributed by atoms with Crippen molar-refractivity contribution < 1.29 is 19.0 Å². The Balaban J connectivity index is 1.58. The van der Waals surface area contributed by atoms with Gasteiger partial charge < -0.3 is 19.0 Å². The quantitative estimate of drug-likeness (QED) is 0.479. The van der Waals surface area contributed by atoms with E-state index in [1.165, 1.54) is 0 Å². The first-order valence-electron chi connectivity index (χ1n) is 9.29. The summed E-state index contributed by atoms with van der Waals surface area (Å²) in [6, 6.07) is 25.2. The zero-order valence-electron chi connectivity index (χ0n) is 16.0. The van der Waals surface area contributed by atoms with Gasteiger partial charge in [-0.1, -0.05) is 30.3 Å². The van der Waals surface area contributed by atoms with E-state index in [-0.39, 0.29) is 12.5 Å². The lowest BCUT2D eigenvalue weighted by Gasteiger charge is -2.07. The topological polar surface area (TPSA) is 64.7 Å². The minimum absolute atomic E-state index is 0.262. The monoisotopic (exact) mass is 387 g/mol. The van der Waals surface area contributed by atoms with Crippen LogP contribution < -0.4 is 9.47 Å². The van der Waals surface area contributed by atoms with Gasteiger partial charge in [-0.15, -0.1) is 0 Å². The van der Waals surface area contributed by atoms with Crippen molar-refractivity contribution in [3.05, 3.63) is 90.3 Å². The molecule has 4 aromatic rings. The fraction of sp³-hybridized carbons (Fsp3) is 0.125. The molecule has 4 rings (SSSR count). The highest BCUT2D eigenvalue weighted by atomic mass is 16.5. The average Bonchev–Trinajstić information content (AvgIpc) is 3.23. The largest absolute Gasteiger partial charge is 0.497 e. The smallest absolute Gasteiger partial charge is 0.221 e. The Kier molecular flexibility index (Phi) is 5.59. The van der Waals surface area contributed by atoms with Crippen molar-refractivity contribution >= 4 is 0 Å². The summed E-state index contributed by atoms with van der Waals surface area (Å²) in [7, 11) is 1.63. The summed E-state index contributed by atoms with van der Waals surface area (Å²) in [6.07, 6.45) is 0. The van der Waals surface area contributed by atoms with Crippen LogP contribution in [0.1, 0.15) is 11.5 Å². The molecule has 0 fully saturated rings. The molecule has 0 amide bonds. The predicted octanol–water partition coefficient (Wildman–Crippen LogP) is 5.09. The molecular weight excluding hydrogens is 366 g/mol. The Morgan fingerprint density at radius 3 is 2.14 bits per heavy atom. The van der Waals surface area contributed by atoms with Gasteiger partial charge in [0.2, 0.25) is 5.89 Å². The van der Waals surface area contributed by atoms with Gasteiger partial charge in [-0.25, -0.2) is 4.98 Å². The van der Waals surface area contributed by atoms with Gasteiger partial charge in [0, 0.05) is 11.1 Å². The predicted molar refractivity (Wildman–Crippen MR) is 111 cm³/mol. The molecule has 0 bridgehead atoms. The normalized spacial score (nSPS) is 10.7. The first kappa shape index (κ1) is 18.8. The molecule has 146 valence electrons. The van der Waals surface area contributed by atoms with Crippen molar-refractivity contribution in [1.82, 2.24) is 4.98 Å². The molecule has 3 aromatic carbocycles. The van der Waals surface area contributed by atoms with Gasteiger partial charge in [-0.05, 0) is 54.1 Å². The van der Waals surface area contributed by atoms with E-state index < -0.39 is 0 Å². The van der Waals surface area contributed by atoms with E-state index >= 15 is 0 Å². The Morgan fingerprint density at radius 1 is 0.828 bits per heavy atom. The number of rotatable bonds is 7. The van der Waals surface area contributed by atoms with Crippen LogP contribution in [0.2, 0.25) is 0 Å². The lowest BCUT2D eigenvalue weighted by Crippen LogP contribution is -1.94. The van der Waals surface area contributed by atoms with E-state index in [4.69, 9.17) is 13.9 Å². The third-order valence-corrected chi connectivity index (χ3v) is 4.54. The van der Waals surface area contributed by atoms with Crippen molar-refractivity contribution in [2.45, 2.75) is 13.2 Å². The van der Waals surface area contributed by atoms with Gasteiger partial charge in [0.1, 0.15) is 30.4 Å². The van der Waals surface area contributed by atoms with E-state index in [1.54, 1.807) is 7.11 Å². The number of nitrogens with zero attached hydrogens (tertiary/aromatic N) is 1. The second kappa shape index (κ2) is 8.63. The number of benzene rings is 3. The Labute approximate surface area is 169 Å². The molecule has 0 unspecified atom stereocenters. The van der Waals surface area contributed by atoms with Gasteiger partial charge in [0.25, 0.3) is 0 Å². The highest BCUT2D eigenvalue weighted by molar-refractivity contribution is 5.77. The minimum Gasteiger partial charge on any atom is -0.497 e. The fourth-order valence-electron chi connectivity index (χ4n) is 3.02. The standard InChI is InChI=1S/C24H21NO4/c1-27-20-11-7-18(8-12-20)23-24(29-22(15-26)25-23)19-9-13-21(14-10-19)28-16-17-5-3-2-4-6-17/h2-14,26H,15-16H2,1H3. The highest BCUT2D eigenvalue weighted by Gasteiger charge is 2.17. The zero-order valence-corrected chi connectivity index (χ0v) is 16.0. The van der Waals surface area contributed by atoms with Crippen LogP contribution in [-0.2, 0) is 13.2 Å².